The Hall–Kier alpha value is -0.810. The predicted octanol–water partition coefficient (Wildman–Crippen LogP) is 3.66. The van der Waals surface area contributed by atoms with Crippen molar-refractivity contribution in [2.75, 3.05) is 26.3 Å². The summed E-state index contributed by atoms with van der Waals surface area (Å²) in [4.78, 5) is 12.6. The van der Waals surface area contributed by atoms with Gasteiger partial charge in [0.1, 0.15) is 0 Å². The molecule has 0 atom stereocenters. The van der Waals surface area contributed by atoms with Crippen molar-refractivity contribution in [2.45, 2.75) is 44.1 Å². The summed E-state index contributed by atoms with van der Waals surface area (Å²) >= 11 is 6.02. The lowest BCUT2D eigenvalue weighted by atomic mass is 9.82. The highest BCUT2D eigenvalue weighted by Crippen LogP contribution is 2.33. The van der Waals surface area contributed by atoms with Crippen LogP contribution in [-0.2, 0) is 15.1 Å². The molecule has 2 aliphatic heterocycles. The molecule has 2 N–H and O–H groups in total. The molecule has 25 heavy (non-hydrogen) atoms. The van der Waals surface area contributed by atoms with Gasteiger partial charge in [-0.25, -0.2) is 0 Å². The van der Waals surface area contributed by atoms with Crippen LogP contribution in [0.5, 0.6) is 0 Å². The van der Waals surface area contributed by atoms with Gasteiger partial charge in [-0.2, -0.15) is 0 Å². The van der Waals surface area contributed by atoms with E-state index in [0.29, 0.717) is 25.6 Å². The maximum atomic E-state index is 12.6. The Balaban J connectivity index is 0.00000225. The smallest absolute Gasteiger partial charge is 0.220 e. The van der Waals surface area contributed by atoms with Crippen LogP contribution in [0.3, 0.4) is 0 Å². The zero-order chi connectivity index (χ0) is 16.8. The molecule has 1 amide bonds. The SMILES string of the molecule is Cl.O=C(CCC1CCNCC1)NC1(c2ccc(Cl)cc2)CCOCC1. The van der Waals surface area contributed by atoms with Gasteiger partial charge in [-0.15, -0.1) is 12.4 Å². The maximum Gasteiger partial charge on any atom is 0.220 e. The molecule has 0 saturated carbocycles. The fourth-order valence-electron chi connectivity index (χ4n) is 3.81. The first-order valence-corrected chi connectivity index (χ1v) is 9.41. The average molecular weight is 387 g/mol. The largest absolute Gasteiger partial charge is 0.381 e. The van der Waals surface area contributed by atoms with Crippen molar-refractivity contribution in [1.82, 2.24) is 10.6 Å². The first-order valence-electron chi connectivity index (χ1n) is 9.03. The molecule has 1 aromatic carbocycles. The highest BCUT2D eigenvalue weighted by molar-refractivity contribution is 6.30. The first kappa shape index (κ1) is 20.5. The summed E-state index contributed by atoms with van der Waals surface area (Å²) in [6.45, 7) is 3.52. The van der Waals surface area contributed by atoms with E-state index in [-0.39, 0.29) is 23.9 Å². The number of hydrogen-bond acceptors (Lipinski definition) is 3. The molecule has 140 valence electrons. The number of rotatable bonds is 5. The molecule has 6 heteroatoms. The van der Waals surface area contributed by atoms with Gasteiger partial charge in [0.05, 0.1) is 5.54 Å². The minimum absolute atomic E-state index is 0. The van der Waals surface area contributed by atoms with Crippen molar-refractivity contribution >= 4 is 29.9 Å². The van der Waals surface area contributed by atoms with Crippen LogP contribution in [0.15, 0.2) is 24.3 Å². The lowest BCUT2D eigenvalue weighted by molar-refractivity contribution is -0.124. The number of piperidine rings is 1. The third-order valence-corrected chi connectivity index (χ3v) is 5.61. The van der Waals surface area contributed by atoms with Gasteiger partial charge in [0, 0.05) is 24.7 Å². The summed E-state index contributed by atoms with van der Waals surface area (Å²) in [5, 5.41) is 7.43. The summed E-state index contributed by atoms with van der Waals surface area (Å²) in [5.74, 6) is 0.837. The molecule has 1 aromatic rings. The summed E-state index contributed by atoms with van der Waals surface area (Å²) in [5.41, 5.74) is 0.819. The monoisotopic (exact) mass is 386 g/mol. The zero-order valence-corrected chi connectivity index (χ0v) is 16.1. The number of hydrogen-bond donors (Lipinski definition) is 2. The maximum absolute atomic E-state index is 12.6. The minimum atomic E-state index is -0.311. The number of carbonyl (C=O) groups excluding carboxylic acids is 1. The molecule has 3 rings (SSSR count). The quantitative estimate of drug-likeness (QED) is 0.811. The highest BCUT2D eigenvalue weighted by atomic mass is 35.5. The highest BCUT2D eigenvalue weighted by Gasteiger charge is 2.35. The molecular weight excluding hydrogens is 359 g/mol. The molecule has 0 aliphatic carbocycles. The second kappa shape index (κ2) is 9.77. The molecule has 0 bridgehead atoms. The molecule has 0 radical (unpaired) electrons. The molecule has 0 aromatic heterocycles. The number of ether oxygens (including phenoxy) is 1. The Morgan fingerprint density at radius 2 is 1.84 bits per heavy atom. The van der Waals surface area contributed by atoms with E-state index < -0.39 is 0 Å². The van der Waals surface area contributed by atoms with Gasteiger partial charge in [0.25, 0.3) is 0 Å². The fourth-order valence-corrected chi connectivity index (χ4v) is 3.94. The Bertz CT molecular complexity index is 539. The van der Waals surface area contributed by atoms with E-state index in [1.54, 1.807) is 0 Å². The van der Waals surface area contributed by atoms with Crippen molar-refractivity contribution in [1.29, 1.82) is 0 Å². The average Bonchev–Trinajstić information content (AvgIpc) is 2.62. The van der Waals surface area contributed by atoms with Crippen LogP contribution in [0.2, 0.25) is 5.02 Å². The second-order valence-corrected chi connectivity index (χ2v) is 7.42. The molecule has 0 spiro atoms. The van der Waals surface area contributed by atoms with Gasteiger partial charge in [0.15, 0.2) is 0 Å². The standard InChI is InChI=1S/C19H27ClN2O2.ClH/c20-17-4-2-16(3-5-17)19(9-13-24-14-10-19)22-18(23)6-1-15-7-11-21-12-8-15;/h2-5,15,21H,1,6-14H2,(H,22,23);1H. The van der Waals surface area contributed by atoms with Crippen molar-refractivity contribution in [3.63, 3.8) is 0 Å². The van der Waals surface area contributed by atoms with E-state index in [1.807, 2.05) is 24.3 Å². The Morgan fingerprint density at radius 1 is 1.20 bits per heavy atom. The number of benzene rings is 1. The van der Waals surface area contributed by atoms with Gasteiger partial charge < -0.3 is 15.4 Å². The lowest BCUT2D eigenvalue weighted by Crippen LogP contribution is -2.49. The molecule has 2 aliphatic rings. The van der Waals surface area contributed by atoms with Crippen LogP contribution in [0, 0.1) is 5.92 Å². The number of nitrogens with one attached hydrogen (secondary N) is 2. The fraction of sp³-hybridized carbons (Fsp3) is 0.632. The molecule has 4 nitrogen and oxygen atoms in total. The first-order chi connectivity index (χ1) is 11.7. The lowest BCUT2D eigenvalue weighted by Gasteiger charge is -2.38. The normalized spacial score (nSPS) is 20.5. The van der Waals surface area contributed by atoms with E-state index in [2.05, 4.69) is 10.6 Å². The molecular formula is C19H28Cl2N2O2. The van der Waals surface area contributed by atoms with Crippen LogP contribution >= 0.6 is 24.0 Å². The van der Waals surface area contributed by atoms with Gasteiger partial charge in [-0.05, 0) is 68.8 Å². The van der Waals surface area contributed by atoms with Crippen LogP contribution in [0.25, 0.3) is 0 Å². The minimum Gasteiger partial charge on any atom is -0.381 e. The molecule has 2 fully saturated rings. The van der Waals surface area contributed by atoms with Crippen LogP contribution < -0.4 is 10.6 Å². The van der Waals surface area contributed by atoms with Gasteiger partial charge in [-0.1, -0.05) is 23.7 Å². The van der Waals surface area contributed by atoms with E-state index in [4.69, 9.17) is 16.3 Å². The van der Waals surface area contributed by atoms with E-state index >= 15 is 0 Å². The van der Waals surface area contributed by atoms with E-state index in [0.717, 1.165) is 42.9 Å². The number of amides is 1. The Labute approximate surface area is 161 Å². The van der Waals surface area contributed by atoms with Gasteiger partial charge >= 0.3 is 0 Å². The zero-order valence-electron chi connectivity index (χ0n) is 14.6. The molecule has 2 saturated heterocycles. The number of halogens is 2. The van der Waals surface area contributed by atoms with Crippen LogP contribution in [-0.4, -0.2) is 32.2 Å². The van der Waals surface area contributed by atoms with E-state index in [9.17, 15) is 4.79 Å². The summed E-state index contributed by atoms with van der Waals surface area (Å²) in [6.07, 6.45) is 5.59. The summed E-state index contributed by atoms with van der Waals surface area (Å²) in [7, 11) is 0. The summed E-state index contributed by atoms with van der Waals surface area (Å²) in [6, 6.07) is 7.85. The summed E-state index contributed by atoms with van der Waals surface area (Å²) < 4.78 is 5.52. The van der Waals surface area contributed by atoms with Crippen LogP contribution in [0.4, 0.5) is 0 Å². The van der Waals surface area contributed by atoms with Gasteiger partial charge in [-0.3, -0.25) is 4.79 Å². The van der Waals surface area contributed by atoms with Crippen molar-refractivity contribution in [3.05, 3.63) is 34.9 Å². The third-order valence-electron chi connectivity index (χ3n) is 5.36. The molecule has 2 heterocycles. The third kappa shape index (κ3) is 5.58. The van der Waals surface area contributed by atoms with Crippen molar-refractivity contribution in [2.24, 2.45) is 5.92 Å². The molecule has 0 unspecified atom stereocenters. The van der Waals surface area contributed by atoms with Crippen molar-refractivity contribution in [3.8, 4) is 0 Å². The second-order valence-electron chi connectivity index (χ2n) is 6.98. The topological polar surface area (TPSA) is 50.4 Å². The Kier molecular flexibility index (Phi) is 8.01. The van der Waals surface area contributed by atoms with Crippen molar-refractivity contribution < 1.29 is 9.53 Å². The van der Waals surface area contributed by atoms with E-state index in [1.165, 1.54) is 12.8 Å². The number of carbonyl (C=O) groups is 1. The van der Waals surface area contributed by atoms with Gasteiger partial charge in [0.2, 0.25) is 5.91 Å². The Morgan fingerprint density at radius 3 is 2.48 bits per heavy atom. The van der Waals surface area contributed by atoms with Crippen LogP contribution in [0.1, 0.15) is 44.1 Å². The predicted molar refractivity (Wildman–Crippen MR) is 103 cm³/mol.